The number of rotatable bonds is 3. The van der Waals surface area contributed by atoms with Gasteiger partial charge in [-0.25, -0.2) is 4.79 Å². The van der Waals surface area contributed by atoms with Crippen molar-refractivity contribution in [3.8, 4) is 0 Å². The van der Waals surface area contributed by atoms with Crippen LogP contribution in [0.1, 0.15) is 26.7 Å². The molecule has 0 bridgehead atoms. The van der Waals surface area contributed by atoms with Gasteiger partial charge in [-0.05, 0) is 12.3 Å². The Morgan fingerprint density at radius 1 is 1.83 bits per heavy atom. The minimum Gasteiger partial charge on any atom is -0.477 e. The molecule has 0 aromatic rings. The maximum atomic E-state index is 10.4. The van der Waals surface area contributed by atoms with E-state index in [0.29, 0.717) is 12.3 Å². The Kier molecular flexibility index (Phi) is 2.68. The van der Waals surface area contributed by atoms with Crippen molar-refractivity contribution in [2.24, 2.45) is 11.1 Å². The second kappa shape index (κ2) is 3.56. The van der Waals surface area contributed by atoms with Crippen LogP contribution in [-0.4, -0.2) is 22.9 Å². The normalized spacial score (nSPS) is 22.2. The van der Waals surface area contributed by atoms with Gasteiger partial charge in [0.05, 0.1) is 0 Å². The summed E-state index contributed by atoms with van der Waals surface area (Å²) in [5.41, 5.74) is 0.139. The number of aliphatic carboxylic acids is 1. The van der Waals surface area contributed by atoms with Gasteiger partial charge in [-0.3, -0.25) is 0 Å². The molecule has 0 aliphatic carbocycles. The molecular weight excluding hydrogens is 158 g/mol. The molecule has 0 aromatic carbocycles. The molecule has 4 nitrogen and oxygen atoms in total. The highest BCUT2D eigenvalue weighted by Gasteiger charge is 2.25. The summed E-state index contributed by atoms with van der Waals surface area (Å²) in [5.74, 6) is -0.459. The Balaban J connectivity index is 2.37. The molecular formula is C8H13NO3. The fourth-order valence-electron chi connectivity index (χ4n) is 1.21. The predicted molar refractivity (Wildman–Crippen MR) is 44.0 cm³/mol. The van der Waals surface area contributed by atoms with E-state index in [2.05, 4.69) is 19.0 Å². The summed E-state index contributed by atoms with van der Waals surface area (Å²) in [6, 6.07) is 0. The van der Waals surface area contributed by atoms with Crippen molar-refractivity contribution in [1.82, 2.24) is 0 Å². The zero-order chi connectivity index (χ0) is 9.14. The first kappa shape index (κ1) is 9.03. The lowest BCUT2D eigenvalue weighted by Gasteiger charge is -2.09. The number of oxime groups is 1. The number of nitrogens with zero attached hydrogens (tertiary/aromatic N) is 1. The Morgan fingerprint density at radius 2 is 2.50 bits per heavy atom. The van der Waals surface area contributed by atoms with Crippen LogP contribution in [0.5, 0.6) is 0 Å². The van der Waals surface area contributed by atoms with Crippen LogP contribution in [0.3, 0.4) is 0 Å². The van der Waals surface area contributed by atoms with Crippen molar-refractivity contribution in [1.29, 1.82) is 0 Å². The van der Waals surface area contributed by atoms with Gasteiger partial charge in [0.1, 0.15) is 6.10 Å². The third-order valence-corrected chi connectivity index (χ3v) is 1.71. The van der Waals surface area contributed by atoms with Crippen molar-refractivity contribution >= 4 is 11.7 Å². The van der Waals surface area contributed by atoms with E-state index in [1.54, 1.807) is 0 Å². The molecule has 1 atom stereocenters. The van der Waals surface area contributed by atoms with Gasteiger partial charge in [0.15, 0.2) is 5.71 Å². The van der Waals surface area contributed by atoms with E-state index in [9.17, 15) is 4.79 Å². The molecule has 4 heteroatoms. The summed E-state index contributed by atoms with van der Waals surface area (Å²) in [4.78, 5) is 15.4. The smallest absolute Gasteiger partial charge is 0.353 e. The number of hydrogen-bond acceptors (Lipinski definition) is 3. The van der Waals surface area contributed by atoms with Crippen molar-refractivity contribution in [3.05, 3.63) is 0 Å². The van der Waals surface area contributed by atoms with Crippen molar-refractivity contribution < 1.29 is 14.7 Å². The average Bonchev–Trinajstić information content (AvgIpc) is 2.34. The van der Waals surface area contributed by atoms with Crippen LogP contribution >= 0.6 is 0 Å². The third kappa shape index (κ3) is 2.22. The molecule has 0 spiro atoms. The van der Waals surface area contributed by atoms with Crippen molar-refractivity contribution in [2.75, 3.05) is 0 Å². The molecule has 1 rings (SSSR count). The van der Waals surface area contributed by atoms with Crippen molar-refractivity contribution in [2.45, 2.75) is 32.8 Å². The first-order valence-electron chi connectivity index (χ1n) is 4.05. The van der Waals surface area contributed by atoms with Crippen LogP contribution < -0.4 is 0 Å². The fraction of sp³-hybridized carbons (Fsp3) is 0.750. The maximum Gasteiger partial charge on any atom is 0.353 e. The lowest BCUT2D eigenvalue weighted by Crippen LogP contribution is -2.15. The molecule has 68 valence electrons. The van der Waals surface area contributed by atoms with Crippen LogP contribution in [0.4, 0.5) is 0 Å². The average molecular weight is 171 g/mol. The zero-order valence-corrected chi connectivity index (χ0v) is 7.28. The van der Waals surface area contributed by atoms with Gasteiger partial charge in [0, 0.05) is 6.42 Å². The Hall–Kier alpha value is -1.06. The Bertz CT molecular complexity index is 210. The highest BCUT2D eigenvalue weighted by atomic mass is 16.6. The Morgan fingerprint density at radius 3 is 2.92 bits per heavy atom. The van der Waals surface area contributed by atoms with E-state index in [1.165, 1.54) is 0 Å². The second-order valence-corrected chi connectivity index (χ2v) is 3.40. The quantitative estimate of drug-likeness (QED) is 0.695. The number of hydrogen-bond donors (Lipinski definition) is 1. The molecule has 0 radical (unpaired) electrons. The molecule has 0 saturated carbocycles. The standard InChI is InChI=1S/C8H13NO3/c1-5(2)3-6-4-7(8(10)11)9-12-6/h5-6H,3-4H2,1-2H3,(H,10,11). The summed E-state index contributed by atoms with van der Waals surface area (Å²) in [6.07, 6.45) is 1.27. The van der Waals surface area contributed by atoms with Crippen molar-refractivity contribution in [3.63, 3.8) is 0 Å². The minimum absolute atomic E-state index is 0.0314. The van der Waals surface area contributed by atoms with E-state index in [-0.39, 0.29) is 11.8 Å². The van der Waals surface area contributed by atoms with Crippen LogP contribution in [0, 0.1) is 5.92 Å². The lowest BCUT2D eigenvalue weighted by molar-refractivity contribution is -0.129. The summed E-state index contributed by atoms with van der Waals surface area (Å²) >= 11 is 0. The molecule has 12 heavy (non-hydrogen) atoms. The van der Waals surface area contributed by atoms with E-state index in [0.717, 1.165) is 6.42 Å². The predicted octanol–water partition coefficient (Wildman–Crippen LogP) is 1.26. The molecule has 0 amide bonds. The summed E-state index contributed by atoms with van der Waals surface area (Å²) < 4.78 is 0. The Labute approximate surface area is 71.2 Å². The van der Waals surface area contributed by atoms with E-state index < -0.39 is 5.97 Å². The largest absolute Gasteiger partial charge is 0.477 e. The molecule has 1 aliphatic rings. The molecule has 0 fully saturated rings. The molecule has 0 saturated heterocycles. The van der Waals surface area contributed by atoms with Crippen LogP contribution in [0.15, 0.2) is 5.16 Å². The van der Waals surface area contributed by atoms with E-state index in [1.807, 2.05) is 0 Å². The number of carboxylic acid groups (broad SMARTS) is 1. The van der Waals surface area contributed by atoms with Gasteiger partial charge < -0.3 is 9.94 Å². The monoisotopic (exact) mass is 171 g/mol. The molecule has 1 N–H and O–H groups in total. The maximum absolute atomic E-state index is 10.4. The summed E-state index contributed by atoms with van der Waals surface area (Å²) in [7, 11) is 0. The lowest BCUT2D eigenvalue weighted by atomic mass is 10.0. The number of carboxylic acids is 1. The zero-order valence-electron chi connectivity index (χ0n) is 7.28. The van der Waals surface area contributed by atoms with E-state index >= 15 is 0 Å². The SMILES string of the molecule is CC(C)CC1CC(C(=O)O)=NO1. The summed E-state index contributed by atoms with van der Waals surface area (Å²) in [6.45, 7) is 4.14. The third-order valence-electron chi connectivity index (χ3n) is 1.71. The summed E-state index contributed by atoms with van der Waals surface area (Å²) in [5, 5.41) is 12.0. The first-order chi connectivity index (χ1) is 5.59. The van der Waals surface area contributed by atoms with Gasteiger partial charge >= 0.3 is 5.97 Å². The molecule has 1 heterocycles. The second-order valence-electron chi connectivity index (χ2n) is 3.40. The molecule has 1 aliphatic heterocycles. The fourth-order valence-corrected chi connectivity index (χ4v) is 1.21. The highest BCUT2D eigenvalue weighted by molar-refractivity contribution is 6.35. The minimum atomic E-state index is -0.971. The first-order valence-corrected chi connectivity index (χ1v) is 4.05. The van der Waals surface area contributed by atoms with Crippen LogP contribution in [0.2, 0.25) is 0 Å². The number of carbonyl (C=O) groups is 1. The van der Waals surface area contributed by atoms with Gasteiger partial charge in [-0.1, -0.05) is 19.0 Å². The van der Waals surface area contributed by atoms with Crippen LogP contribution in [-0.2, 0) is 9.63 Å². The highest BCUT2D eigenvalue weighted by Crippen LogP contribution is 2.17. The van der Waals surface area contributed by atoms with Gasteiger partial charge in [-0.2, -0.15) is 0 Å². The molecule has 1 unspecified atom stereocenters. The van der Waals surface area contributed by atoms with Gasteiger partial charge in [-0.15, -0.1) is 0 Å². The molecule has 0 aromatic heterocycles. The topological polar surface area (TPSA) is 58.9 Å². The van der Waals surface area contributed by atoms with Crippen LogP contribution in [0.25, 0.3) is 0 Å². The van der Waals surface area contributed by atoms with Gasteiger partial charge in [0.2, 0.25) is 0 Å². The van der Waals surface area contributed by atoms with Gasteiger partial charge in [0.25, 0.3) is 0 Å². The van der Waals surface area contributed by atoms with E-state index in [4.69, 9.17) is 9.94 Å².